The van der Waals surface area contributed by atoms with Crippen LogP contribution in [0.5, 0.6) is 0 Å². The summed E-state index contributed by atoms with van der Waals surface area (Å²) in [6, 6.07) is 7.48. The number of rotatable bonds is 4. The Bertz CT molecular complexity index is 971. The van der Waals surface area contributed by atoms with E-state index in [1.54, 1.807) is 17.1 Å². The standard InChI is InChI=1S/C20H21FN6O/c1-14-3-2-8-26(10-14)18-9-19(23-12-22-18)27-11-17(24-13-27)20(28)25-16-6-4-15(21)5-7-16/h4-7,9,11-14H,2-3,8,10H2,1H3,(H,25,28)/t14-/m0/s1. The molecule has 1 fully saturated rings. The molecule has 0 aliphatic carbocycles. The highest BCUT2D eigenvalue weighted by Crippen LogP contribution is 2.22. The summed E-state index contributed by atoms with van der Waals surface area (Å²) in [4.78, 5) is 27.5. The van der Waals surface area contributed by atoms with Gasteiger partial charge in [-0.15, -0.1) is 0 Å². The molecule has 28 heavy (non-hydrogen) atoms. The van der Waals surface area contributed by atoms with E-state index >= 15 is 0 Å². The lowest BCUT2D eigenvalue weighted by Crippen LogP contribution is -2.34. The second-order valence-electron chi connectivity index (χ2n) is 7.06. The van der Waals surface area contributed by atoms with Crippen molar-refractivity contribution in [2.75, 3.05) is 23.3 Å². The van der Waals surface area contributed by atoms with Gasteiger partial charge >= 0.3 is 0 Å². The summed E-state index contributed by atoms with van der Waals surface area (Å²) < 4.78 is 14.7. The van der Waals surface area contributed by atoms with Crippen molar-refractivity contribution in [3.63, 3.8) is 0 Å². The lowest BCUT2D eigenvalue weighted by molar-refractivity contribution is 0.102. The highest BCUT2D eigenvalue weighted by Gasteiger charge is 2.18. The fraction of sp³-hybridized carbons (Fsp3) is 0.300. The Hall–Kier alpha value is -3.29. The summed E-state index contributed by atoms with van der Waals surface area (Å²) in [5.74, 6) is 1.44. The van der Waals surface area contributed by atoms with Gasteiger partial charge in [0.1, 0.15) is 35.8 Å². The normalized spacial score (nSPS) is 16.8. The number of nitrogens with one attached hydrogen (secondary N) is 1. The molecule has 1 N–H and O–H groups in total. The summed E-state index contributed by atoms with van der Waals surface area (Å²) in [5.41, 5.74) is 0.751. The summed E-state index contributed by atoms with van der Waals surface area (Å²) in [6.45, 7) is 4.21. The monoisotopic (exact) mass is 380 g/mol. The van der Waals surface area contributed by atoms with Gasteiger partial charge in [-0.05, 0) is 43.0 Å². The number of amides is 1. The van der Waals surface area contributed by atoms with Crippen molar-refractivity contribution in [2.24, 2.45) is 5.92 Å². The predicted molar refractivity (Wildman–Crippen MR) is 104 cm³/mol. The number of piperidine rings is 1. The molecule has 8 heteroatoms. The Morgan fingerprint density at radius 3 is 2.75 bits per heavy atom. The first-order valence-corrected chi connectivity index (χ1v) is 9.27. The average Bonchev–Trinajstić information content (AvgIpc) is 3.20. The van der Waals surface area contributed by atoms with Crippen molar-refractivity contribution in [3.05, 3.63) is 60.7 Å². The molecular formula is C20H21FN6O. The first kappa shape index (κ1) is 18.1. The Labute approximate surface area is 162 Å². The van der Waals surface area contributed by atoms with Crippen molar-refractivity contribution in [2.45, 2.75) is 19.8 Å². The van der Waals surface area contributed by atoms with Gasteiger partial charge in [0.25, 0.3) is 5.91 Å². The van der Waals surface area contributed by atoms with Crippen LogP contribution in [0, 0.1) is 11.7 Å². The van der Waals surface area contributed by atoms with E-state index in [1.165, 1.54) is 37.0 Å². The minimum Gasteiger partial charge on any atom is -0.356 e. The fourth-order valence-corrected chi connectivity index (χ4v) is 3.34. The Morgan fingerprint density at radius 1 is 1.18 bits per heavy atom. The predicted octanol–water partition coefficient (Wildman–Crippen LogP) is 3.29. The van der Waals surface area contributed by atoms with Crippen LogP contribution in [-0.2, 0) is 0 Å². The van der Waals surface area contributed by atoms with E-state index in [1.807, 2.05) is 6.07 Å². The number of aromatic nitrogens is 4. The maximum Gasteiger partial charge on any atom is 0.275 e. The molecule has 144 valence electrons. The lowest BCUT2D eigenvalue weighted by atomic mass is 10.0. The van der Waals surface area contributed by atoms with E-state index in [0.717, 1.165) is 25.3 Å². The van der Waals surface area contributed by atoms with Crippen LogP contribution in [0.2, 0.25) is 0 Å². The van der Waals surface area contributed by atoms with Gasteiger partial charge in [0.15, 0.2) is 0 Å². The molecule has 3 heterocycles. The number of nitrogens with zero attached hydrogens (tertiary/aromatic N) is 5. The Balaban J connectivity index is 1.50. The summed E-state index contributed by atoms with van der Waals surface area (Å²) >= 11 is 0. The van der Waals surface area contributed by atoms with Crippen LogP contribution in [0.4, 0.5) is 15.9 Å². The molecule has 0 radical (unpaired) electrons. The summed E-state index contributed by atoms with van der Waals surface area (Å²) in [6.07, 6.45) is 7.08. The third kappa shape index (κ3) is 4.00. The van der Waals surface area contributed by atoms with Gasteiger partial charge in [-0.2, -0.15) is 0 Å². The van der Waals surface area contributed by atoms with Gasteiger partial charge in [-0.3, -0.25) is 9.36 Å². The van der Waals surface area contributed by atoms with Crippen LogP contribution in [-0.4, -0.2) is 38.5 Å². The molecule has 1 aromatic carbocycles. The van der Waals surface area contributed by atoms with Crippen LogP contribution in [0.3, 0.4) is 0 Å². The van der Waals surface area contributed by atoms with Crippen LogP contribution in [0.1, 0.15) is 30.3 Å². The quantitative estimate of drug-likeness (QED) is 0.752. The molecule has 0 spiro atoms. The molecule has 0 unspecified atom stereocenters. The number of benzene rings is 1. The smallest absolute Gasteiger partial charge is 0.275 e. The van der Waals surface area contributed by atoms with Crippen LogP contribution < -0.4 is 10.2 Å². The number of carbonyl (C=O) groups excluding carboxylic acids is 1. The topological polar surface area (TPSA) is 75.9 Å². The van der Waals surface area contributed by atoms with Crippen LogP contribution in [0.15, 0.2) is 49.2 Å². The summed E-state index contributed by atoms with van der Waals surface area (Å²) in [7, 11) is 0. The van der Waals surface area contributed by atoms with Crippen molar-refractivity contribution in [3.8, 4) is 5.82 Å². The molecule has 1 saturated heterocycles. The van der Waals surface area contributed by atoms with E-state index < -0.39 is 0 Å². The van der Waals surface area contributed by atoms with E-state index in [0.29, 0.717) is 17.4 Å². The van der Waals surface area contributed by atoms with Gasteiger partial charge < -0.3 is 10.2 Å². The Morgan fingerprint density at radius 2 is 1.96 bits per heavy atom. The first-order valence-electron chi connectivity index (χ1n) is 9.27. The average molecular weight is 380 g/mol. The van der Waals surface area contributed by atoms with Gasteiger partial charge in [-0.25, -0.2) is 19.3 Å². The third-order valence-electron chi connectivity index (χ3n) is 4.80. The molecular weight excluding hydrogens is 359 g/mol. The minimum atomic E-state index is -0.371. The van der Waals surface area contributed by atoms with Crippen molar-refractivity contribution >= 4 is 17.4 Å². The van der Waals surface area contributed by atoms with Gasteiger partial charge in [0, 0.05) is 31.0 Å². The maximum atomic E-state index is 13.0. The summed E-state index contributed by atoms with van der Waals surface area (Å²) in [5, 5.41) is 2.70. The molecule has 1 aliphatic rings. The molecule has 3 aromatic rings. The number of imidazole rings is 1. The van der Waals surface area contributed by atoms with Gasteiger partial charge in [0.05, 0.1) is 0 Å². The molecule has 2 aromatic heterocycles. The molecule has 1 aliphatic heterocycles. The van der Waals surface area contributed by atoms with Crippen molar-refractivity contribution in [1.29, 1.82) is 0 Å². The van der Waals surface area contributed by atoms with Crippen molar-refractivity contribution < 1.29 is 9.18 Å². The first-order chi connectivity index (χ1) is 13.6. The molecule has 0 bridgehead atoms. The lowest BCUT2D eigenvalue weighted by Gasteiger charge is -2.31. The number of carbonyl (C=O) groups is 1. The zero-order chi connectivity index (χ0) is 19.5. The van der Waals surface area contributed by atoms with Gasteiger partial charge in [-0.1, -0.05) is 6.92 Å². The molecule has 7 nitrogen and oxygen atoms in total. The molecule has 0 saturated carbocycles. The zero-order valence-electron chi connectivity index (χ0n) is 15.5. The zero-order valence-corrected chi connectivity index (χ0v) is 15.5. The van der Waals surface area contributed by atoms with E-state index in [4.69, 9.17) is 0 Å². The highest BCUT2D eigenvalue weighted by molar-refractivity contribution is 6.02. The SMILES string of the molecule is C[C@H]1CCCN(c2cc(-n3cnc(C(=O)Nc4ccc(F)cc4)c3)ncn2)C1. The van der Waals surface area contributed by atoms with E-state index in [9.17, 15) is 9.18 Å². The molecule has 1 atom stereocenters. The van der Waals surface area contributed by atoms with Gasteiger partial charge in [0.2, 0.25) is 0 Å². The van der Waals surface area contributed by atoms with Crippen LogP contribution >= 0.6 is 0 Å². The Kier molecular flexibility index (Phi) is 5.01. The fourth-order valence-electron chi connectivity index (χ4n) is 3.34. The number of anilines is 2. The second kappa shape index (κ2) is 7.75. The molecule has 1 amide bonds. The largest absolute Gasteiger partial charge is 0.356 e. The van der Waals surface area contributed by atoms with Crippen LogP contribution in [0.25, 0.3) is 5.82 Å². The second-order valence-corrected chi connectivity index (χ2v) is 7.06. The van der Waals surface area contributed by atoms with E-state index in [-0.39, 0.29) is 17.4 Å². The number of hydrogen-bond acceptors (Lipinski definition) is 5. The number of halogens is 1. The molecule has 4 rings (SSSR count). The highest BCUT2D eigenvalue weighted by atomic mass is 19.1. The minimum absolute atomic E-state index is 0.246. The van der Waals surface area contributed by atoms with Crippen molar-refractivity contribution in [1.82, 2.24) is 19.5 Å². The third-order valence-corrected chi connectivity index (χ3v) is 4.80. The van der Waals surface area contributed by atoms with E-state index in [2.05, 4.69) is 32.1 Å². The maximum absolute atomic E-state index is 13.0. The number of hydrogen-bond donors (Lipinski definition) is 1.